The number of hydrogen-bond acceptors (Lipinski definition) is 2. The predicted octanol–water partition coefficient (Wildman–Crippen LogP) is 1.70. The molecule has 0 amide bonds. The highest BCUT2D eigenvalue weighted by atomic mass is 35.5. The number of carbonyl (C=O) groups excluding carboxylic acids is 1. The maximum atomic E-state index is 11.8. The fourth-order valence-electron chi connectivity index (χ4n) is 2.66. The number of likely N-dealkylation sites (tertiary alicyclic amines) is 1. The smallest absolute Gasteiger partial charge is 0.314 e. The van der Waals surface area contributed by atoms with Gasteiger partial charge in [-0.05, 0) is 31.9 Å². The van der Waals surface area contributed by atoms with Crippen molar-refractivity contribution in [3.63, 3.8) is 0 Å². The van der Waals surface area contributed by atoms with E-state index in [1.54, 1.807) is 0 Å². The Labute approximate surface area is 119 Å². The Morgan fingerprint density at radius 1 is 1.42 bits per heavy atom. The second-order valence-electron chi connectivity index (χ2n) is 5.10. The molecule has 0 spiro atoms. The summed E-state index contributed by atoms with van der Waals surface area (Å²) >= 11 is 5.89. The molecule has 1 unspecified atom stereocenters. The van der Waals surface area contributed by atoms with E-state index in [1.165, 1.54) is 10.5 Å². The molecule has 4 heteroatoms. The number of quaternary nitrogens is 1. The van der Waals surface area contributed by atoms with Crippen LogP contribution in [0.3, 0.4) is 0 Å². The van der Waals surface area contributed by atoms with Crippen LogP contribution in [0.4, 0.5) is 0 Å². The molecule has 1 fully saturated rings. The van der Waals surface area contributed by atoms with Crippen molar-refractivity contribution in [2.75, 3.05) is 19.7 Å². The van der Waals surface area contributed by atoms with Gasteiger partial charge in [0.15, 0.2) is 0 Å². The highest BCUT2D eigenvalue weighted by molar-refractivity contribution is 6.30. The van der Waals surface area contributed by atoms with Gasteiger partial charge in [0.1, 0.15) is 12.5 Å². The minimum absolute atomic E-state index is 0.0317. The van der Waals surface area contributed by atoms with Crippen molar-refractivity contribution in [3.05, 3.63) is 34.9 Å². The largest absolute Gasteiger partial charge is 0.466 e. The lowest BCUT2D eigenvalue weighted by Crippen LogP contribution is -3.12. The summed E-state index contributed by atoms with van der Waals surface area (Å²) in [5.41, 5.74) is 1.27. The van der Waals surface area contributed by atoms with E-state index < -0.39 is 0 Å². The second kappa shape index (κ2) is 6.92. The molecular formula is C15H21ClNO2+. The van der Waals surface area contributed by atoms with Crippen molar-refractivity contribution >= 4 is 17.6 Å². The van der Waals surface area contributed by atoms with Gasteiger partial charge in [0.25, 0.3) is 0 Å². The highest BCUT2D eigenvalue weighted by Crippen LogP contribution is 2.11. The minimum Gasteiger partial charge on any atom is -0.466 e. The fraction of sp³-hybridized carbons (Fsp3) is 0.533. The third kappa shape index (κ3) is 4.22. The van der Waals surface area contributed by atoms with Crippen LogP contribution in [0.1, 0.15) is 25.3 Å². The van der Waals surface area contributed by atoms with E-state index in [4.69, 9.17) is 16.3 Å². The Morgan fingerprint density at radius 2 is 2.16 bits per heavy atom. The molecule has 0 aliphatic carbocycles. The Hall–Kier alpha value is -1.06. The molecule has 19 heavy (non-hydrogen) atoms. The van der Waals surface area contributed by atoms with Crippen LogP contribution in [-0.2, 0) is 16.1 Å². The molecule has 0 aromatic heterocycles. The van der Waals surface area contributed by atoms with Crippen LogP contribution in [0.15, 0.2) is 24.3 Å². The number of piperidine rings is 1. The summed E-state index contributed by atoms with van der Waals surface area (Å²) in [6, 6.07) is 7.96. The predicted molar refractivity (Wildman–Crippen MR) is 75.2 cm³/mol. The van der Waals surface area contributed by atoms with Crippen LogP contribution in [0.2, 0.25) is 5.02 Å². The molecule has 0 radical (unpaired) electrons. The van der Waals surface area contributed by atoms with E-state index in [1.807, 2.05) is 19.1 Å². The van der Waals surface area contributed by atoms with Crippen molar-refractivity contribution in [1.82, 2.24) is 0 Å². The van der Waals surface area contributed by atoms with Gasteiger partial charge in [-0.15, -0.1) is 0 Å². The summed E-state index contributed by atoms with van der Waals surface area (Å²) in [7, 11) is 0. The lowest BCUT2D eigenvalue weighted by molar-refractivity contribution is -0.921. The van der Waals surface area contributed by atoms with Gasteiger partial charge in [0.2, 0.25) is 0 Å². The molecule has 1 heterocycles. The molecule has 1 saturated heterocycles. The fourth-order valence-corrected chi connectivity index (χ4v) is 2.79. The zero-order valence-electron chi connectivity index (χ0n) is 11.3. The number of nitrogens with one attached hydrogen (secondary N) is 1. The van der Waals surface area contributed by atoms with Crippen LogP contribution in [0, 0.1) is 5.92 Å². The Kier molecular flexibility index (Phi) is 5.23. The molecule has 2 rings (SSSR count). The van der Waals surface area contributed by atoms with Gasteiger partial charge in [0, 0.05) is 10.6 Å². The lowest BCUT2D eigenvalue weighted by atomic mass is 9.98. The van der Waals surface area contributed by atoms with Crippen LogP contribution in [0.5, 0.6) is 0 Å². The van der Waals surface area contributed by atoms with Gasteiger partial charge in [-0.3, -0.25) is 4.79 Å². The number of rotatable bonds is 4. The first-order valence-corrected chi connectivity index (χ1v) is 7.31. The molecule has 1 N–H and O–H groups in total. The lowest BCUT2D eigenvalue weighted by Gasteiger charge is -2.28. The molecule has 1 aromatic rings. The van der Waals surface area contributed by atoms with E-state index >= 15 is 0 Å². The van der Waals surface area contributed by atoms with Gasteiger partial charge in [-0.2, -0.15) is 0 Å². The molecular weight excluding hydrogens is 262 g/mol. The minimum atomic E-state index is -0.0317. The number of halogens is 1. The first kappa shape index (κ1) is 14.4. The van der Waals surface area contributed by atoms with Gasteiger partial charge >= 0.3 is 5.97 Å². The summed E-state index contributed by atoms with van der Waals surface area (Å²) in [5, 5.41) is 0.766. The normalized spacial score (nSPS) is 23.1. The molecule has 0 bridgehead atoms. The summed E-state index contributed by atoms with van der Waals surface area (Å²) in [6.45, 7) is 5.29. The molecule has 104 valence electrons. The Balaban J connectivity index is 1.90. The second-order valence-corrected chi connectivity index (χ2v) is 5.54. The summed E-state index contributed by atoms with van der Waals surface area (Å²) in [5.74, 6) is 0.0341. The van der Waals surface area contributed by atoms with Gasteiger partial charge in [-0.25, -0.2) is 0 Å². The number of hydrogen-bond donors (Lipinski definition) is 1. The average molecular weight is 283 g/mol. The number of carbonyl (C=O) groups is 1. The Bertz CT molecular complexity index is 419. The van der Waals surface area contributed by atoms with Crippen molar-refractivity contribution in [1.29, 1.82) is 0 Å². The van der Waals surface area contributed by atoms with E-state index in [2.05, 4.69) is 12.1 Å². The monoisotopic (exact) mass is 282 g/mol. The van der Waals surface area contributed by atoms with Gasteiger partial charge in [0.05, 0.1) is 19.7 Å². The molecule has 1 aliphatic rings. The molecule has 2 atom stereocenters. The standard InChI is InChI=1S/C15H20ClNO2/c1-2-19-15(18)13-4-3-9-17(11-13)10-12-5-7-14(16)8-6-12/h5-8,13H,2-4,9-11H2,1H3/p+1/t13-/m1/s1. The first-order valence-electron chi connectivity index (χ1n) is 6.93. The van der Waals surface area contributed by atoms with Crippen molar-refractivity contribution in [2.24, 2.45) is 5.92 Å². The van der Waals surface area contributed by atoms with Crippen molar-refractivity contribution in [2.45, 2.75) is 26.3 Å². The average Bonchev–Trinajstić information content (AvgIpc) is 2.42. The van der Waals surface area contributed by atoms with Crippen LogP contribution >= 0.6 is 11.6 Å². The summed E-state index contributed by atoms with van der Waals surface area (Å²) in [6.07, 6.45) is 2.05. The summed E-state index contributed by atoms with van der Waals surface area (Å²) < 4.78 is 5.13. The highest BCUT2D eigenvalue weighted by Gasteiger charge is 2.29. The van der Waals surface area contributed by atoms with E-state index in [-0.39, 0.29) is 11.9 Å². The first-order chi connectivity index (χ1) is 9.19. The third-order valence-electron chi connectivity index (χ3n) is 3.61. The quantitative estimate of drug-likeness (QED) is 0.852. The van der Waals surface area contributed by atoms with Crippen molar-refractivity contribution in [3.8, 4) is 0 Å². The van der Waals surface area contributed by atoms with E-state index in [9.17, 15) is 4.79 Å². The van der Waals surface area contributed by atoms with Crippen LogP contribution in [0.25, 0.3) is 0 Å². The maximum absolute atomic E-state index is 11.8. The van der Waals surface area contributed by atoms with Crippen LogP contribution in [-0.4, -0.2) is 25.7 Å². The molecule has 0 saturated carbocycles. The third-order valence-corrected chi connectivity index (χ3v) is 3.86. The Morgan fingerprint density at radius 3 is 2.84 bits per heavy atom. The van der Waals surface area contributed by atoms with Gasteiger partial charge < -0.3 is 9.64 Å². The molecule has 1 aliphatic heterocycles. The van der Waals surface area contributed by atoms with Crippen molar-refractivity contribution < 1.29 is 14.4 Å². The summed E-state index contributed by atoms with van der Waals surface area (Å²) in [4.78, 5) is 13.2. The molecule has 1 aromatic carbocycles. The number of esters is 1. The maximum Gasteiger partial charge on any atom is 0.314 e. The van der Waals surface area contributed by atoms with Crippen LogP contribution < -0.4 is 4.90 Å². The van der Waals surface area contributed by atoms with Gasteiger partial charge in [-0.1, -0.05) is 23.7 Å². The van der Waals surface area contributed by atoms with E-state index in [0.29, 0.717) is 6.61 Å². The topological polar surface area (TPSA) is 30.7 Å². The zero-order chi connectivity index (χ0) is 13.7. The SMILES string of the molecule is CCOC(=O)[C@@H]1CCC[NH+](Cc2ccc(Cl)cc2)C1. The van der Waals surface area contributed by atoms with E-state index in [0.717, 1.165) is 37.5 Å². The zero-order valence-corrected chi connectivity index (χ0v) is 12.1. The number of ether oxygens (including phenoxy) is 1. The number of benzene rings is 1. The molecule has 3 nitrogen and oxygen atoms in total.